The monoisotopic (exact) mass is 366 g/mol. The number of benzene rings is 2. The molecule has 3 rings (SSSR count). The Morgan fingerprint density at radius 2 is 1.73 bits per heavy atom. The number of hydrogen-bond acceptors (Lipinski definition) is 5. The van der Waals surface area contributed by atoms with Gasteiger partial charge in [0, 0.05) is 11.1 Å². The first-order valence-electron chi connectivity index (χ1n) is 8.54. The predicted molar refractivity (Wildman–Crippen MR) is 105 cm³/mol. The molecule has 1 aromatic heterocycles. The summed E-state index contributed by atoms with van der Waals surface area (Å²) in [6.07, 6.45) is 0. The number of nitrogens with zero attached hydrogens (tertiary/aromatic N) is 2. The summed E-state index contributed by atoms with van der Waals surface area (Å²) in [6.45, 7) is 9.94. The third-order valence-electron chi connectivity index (χ3n) is 4.42. The molecule has 3 aromatic rings. The molecule has 5 heteroatoms. The van der Waals surface area contributed by atoms with Gasteiger partial charge in [-0.3, -0.25) is 4.79 Å². The Hall–Kier alpha value is -2.40. The number of Topliss-reactive ketones (excluding diaryl/α,β-unsaturated/α-hetero) is 1. The van der Waals surface area contributed by atoms with Gasteiger partial charge < -0.3 is 4.42 Å². The van der Waals surface area contributed by atoms with Crippen LogP contribution in [0.25, 0.3) is 11.5 Å². The summed E-state index contributed by atoms with van der Waals surface area (Å²) < 4.78 is 5.74. The van der Waals surface area contributed by atoms with Crippen LogP contribution in [-0.4, -0.2) is 21.2 Å². The highest BCUT2D eigenvalue weighted by Crippen LogP contribution is 2.29. The lowest BCUT2D eigenvalue weighted by Crippen LogP contribution is -2.15. The summed E-state index contributed by atoms with van der Waals surface area (Å²) in [5, 5.41) is 8.30. The quantitative estimate of drug-likeness (QED) is 0.451. The highest BCUT2D eigenvalue weighted by molar-refractivity contribution is 8.00. The minimum atomic E-state index is -0.304. The van der Waals surface area contributed by atoms with Crippen LogP contribution in [-0.2, 0) is 0 Å². The molecule has 0 amide bonds. The molecule has 0 spiro atoms. The average molecular weight is 366 g/mol. The third kappa shape index (κ3) is 3.88. The molecule has 1 atom stereocenters. The molecule has 0 radical (unpaired) electrons. The SMILES string of the molecule is Cc1cccc(-c2nnc(S[C@@H](C)C(=O)c3cc(C)c(C)cc3C)o2)c1. The molecular formula is C21H22N2O2S. The van der Waals surface area contributed by atoms with Crippen LogP contribution < -0.4 is 0 Å². The van der Waals surface area contributed by atoms with Crippen molar-refractivity contribution in [1.82, 2.24) is 10.2 Å². The molecule has 2 aromatic carbocycles. The molecule has 1 heterocycles. The maximum atomic E-state index is 12.8. The Morgan fingerprint density at radius 1 is 1.00 bits per heavy atom. The first-order valence-corrected chi connectivity index (χ1v) is 9.42. The Kier molecular flexibility index (Phi) is 5.28. The number of thioether (sulfide) groups is 1. The summed E-state index contributed by atoms with van der Waals surface area (Å²) in [7, 11) is 0. The number of rotatable bonds is 5. The van der Waals surface area contributed by atoms with E-state index < -0.39 is 0 Å². The number of carbonyl (C=O) groups excluding carboxylic acids is 1. The fourth-order valence-corrected chi connectivity index (χ4v) is 3.55. The zero-order chi connectivity index (χ0) is 18.8. The van der Waals surface area contributed by atoms with E-state index in [2.05, 4.69) is 23.2 Å². The lowest BCUT2D eigenvalue weighted by molar-refractivity contribution is 0.0993. The van der Waals surface area contributed by atoms with Gasteiger partial charge >= 0.3 is 0 Å². The molecule has 0 aliphatic rings. The van der Waals surface area contributed by atoms with Crippen LogP contribution in [0.3, 0.4) is 0 Å². The number of aryl methyl sites for hydroxylation is 4. The summed E-state index contributed by atoms with van der Waals surface area (Å²) in [6, 6.07) is 11.9. The maximum Gasteiger partial charge on any atom is 0.277 e. The number of ketones is 1. The summed E-state index contributed by atoms with van der Waals surface area (Å²) in [5.41, 5.74) is 6.08. The second-order valence-electron chi connectivity index (χ2n) is 6.62. The average Bonchev–Trinajstić information content (AvgIpc) is 3.06. The van der Waals surface area contributed by atoms with Crippen LogP contribution in [0.1, 0.15) is 39.5 Å². The van der Waals surface area contributed by atoms with E-state index in [-0.39, 0.29) is 11.0 Å². The van der Waals surface area contributed by atoms with Crippen LogP contribution >= 0.6 is 11.8 Å². The van der Waals surface area contributed by atoms with Gasteiger partial charge in [0.2, 0.25) is 5.89 Å². The second-order valence-corrected chi connectivity index (χ2v) is 7.91. The molecule has 26 heavy (non-hydrogen) atoms. The molecule has 0 bridgehead atoms. The minimum Gasteiger partial charge on any atom is -0.411 e. The van der Waals surface area contributed by atoms with Crippen LogP contribution in [0.5, 0.6) is 0 Å². The van der Waals surface area contributed by atoms with Gasteiger partial charge in [-0.05, 0) is 69.5 Å². The van der Waals surface area contributed by atoms with Gasteiger partial charge in [-0.15, -0.1) is 10.2 Å². The Labute approximate surface area is 158 Å². The molecule has 134 valence electrons. The van der Waals surface area contributed by atoms with Gasteiger partial charge in [0.15, 0.2) is 5.78 Å². The molecule has 0 N–H and O–H groups in total. The Bertz CT molecular complexity index is 962. The van der Waals surface area contributed by atoms with Gasteiger partial charge in [-0.25, -0.2) is 0 Å². The zero-order valence-electron chi connectivity index (χ0n) is 15.7. The van der Waals surface area contributed by atoms with E-state index in [1.807, 2.05) is 58.0 Å². The van der Waals surface area contributed by atoms with Crippen LogP contribution in [0.4, 0.5) is 0 Å². The molecule has 0 aliphatic carbocycles. The summed E-state index contributed by atoms with van der Waals surface area (Å²) >= 11 is 1.30. The lowest BCUT2D eigenvalue weighted by Gasteiger charge is -2.12. The standard InChI is InChI=1S/C21H22N2O2S/c1-12-7-6-8-17(9-12)20-22-23-21(25-20)26-16(5)19(24)18-11-14(3)13(2)10-15(18)4/h6-11,16H,1-5H3/t16-/m0/s1. The number of carbonyl (C=O) groups is 1. The normalized spacial score (nSPS) is 12.2. The van der Waals surface area contributed by atoms with Gasteiger partial charge in [0.1, 0.15) is 0 Å². The fraction of sp³-hybridized carbons (Fsp3) is 0.286. The lowest BCUT2D eigenvalue weighted by atomic mass is 9.97. The van der Waals surface area contributed by atoms with Crippen molar-refractivity contribution in [3.8, 4) is 11.5 Å². The van der Waals surface area contributed by atoms with Gasteiger partial charge in [0.25, 0.3) is 5.22 Å². The predicted octanol–water partition coefficient (Wildman–Crippen LogP) is 5.33. The van der Waals surface area contributed by atoms with Crippen molar-refractivity contribution >= 4 is 17.5 Å². The first-order chi connectivity index (χ1) is 12.3. The Morgan fingerprint density at radius 3 is 2.46 bits per heavy atom. The van der Waals surface area contributed by atoms with E-state index >= 15 is 0 Å². The third-order valence-corrected chi connectivity index (χ3v) is 5.36. The molecular weight excluding hydrogens is 344 g/mol. The Balaban J connectivity index is 1.77. The molecule has 0 saturated heterocycles. The van der Waals surface area contributed by atoms with Crippen molar-refractivity contribution in [1.29, 1.82) is 0 Å². The largest absolute Gasteiger partial charge is 0.411 e. The topological polar surface area (TPSA) is 56.0 Å². The smallest absolute Gasteiger partial charge is 0.277 e. The van der Waals surface area contributed by atoms with Crippen LogP contribution in [0.15, 0.2) is 46.0 Å². The molecule has 0 unspecified atom stereocenters. The molecule has 0 saturated carbocycles. The first kappa shape index (κ1) is 18.4. The highest BCUT2D eigenvalue weighted by Gasteiger charge is 2.22. The van der Waals surface area contributed by atoms with Crippen molar-refractivity contribution in [3.63, 3.8) is 0 Å². The van der Waals surface area contributed by atoms with E-state index in [0.29, 0.717) is 11.1 Å². The second kappa shape index (κ2) is 7.46. The van der Waals surface area contributed by atoms with E-state index in [4.69, 9.17) is 4.42 Å². The molecule has 0 aliphatic heterocycles. The maximum absolute atomic E-state index is 12.8. The highest BCUT2D eigenvalue weighted by atomic mass is 32.2. The van der Waals surface area contributed by atoms with Crippen LogP contribution in [0, 0.1) is 27.7 Å². The van der Waals surface area contributed by atoms with Gasteiger partial charge in [-0.2, -0.15) is 0 Å². The van der Waals surface area contributed by atoms with Gasteiger partial charge in [0.05, 0.1) is 5.25 Å². The summed E-state index contributed by atoms with van der Waals surface area (Å²) in [4.78, 5) is 12.8. The van der Waals surface area contributed by atoms with Crippen molar-refractivity contribution in [2.45, 2.75) is 45.1 Å². The van der Waals surface area contributed by atoms with Crippen molar-refractivity contribution < 1.29 is 9.21 Å². The van der Waals surface area contributed by atoms with Crippen molar-refractivity contribution in [3.05, 3.63) is 64.2 Å². The molecule has 0 fully saturated rings. The summed E-state index contributed by atoms with van der Waals surface area (Å²) in [5.74, 6) is 0.545. The molecule has 4 nitrogen and oxygen atoms in total. The number of aromatic nitrogens is 2. The zero-order valence-corrected chi connectivity index (χ0v) is 16.5. The van der Waals surface area contributed by atoms with Crippen molar-refractivity contribution in [2.24, 2.45) is 0 Å². The van der Waals surface area contributed by atoms with E-state index in [1.54, 1.807) is 0 Å². The van der Waals surface area contributed by atoms with E-state index in [0.717, 1.165) is 27.8 Å². The van der Waals surface area contributed by atoms with Gasteiger partial charge in [-0.1, -0.05) is 35.5 Å². The van der Waals surface area contributed by atoms with Crippen LogP contribution in [0.2, 0.25) is 0 Å². The van der Waals surface area contributed by atoms with E-state index in [9.17, 15) is 4.79 Å². The fourth-order valence-electron chi connectivity index (χ4n) is 2.80. The number of hydrogen-bond donors (Lipinski definition) is 0. The minimum absolute atomic E-state index is 0.0749. The van der Waals surface area contributed by atoms with Crippen molar-refractivity contribution in [2.75, 3.05) is 0 Å². The van der Waals surface area contributed by atoms with E-state index in [1.165, 1.54) is 17.3 Å².